The van der Waals surface area contributed by atoms with Crippen LogP contribution in [0.3, 0.4) is 0 Å². The minimum absolute atomic E-state index is 0.166. The second kappa shape index (κ2) is 8.05. The summed E-state index contributed by atoms with van der Waals surface area (Å²) < 4.78 is 0. The Kier molecular flexibility index (Phi) is 5.78. The number of carbonyl (C=O) groups excluding carboxylic acids is 1. The van der Waals surface area contributed by atoms with Crippen LogP contribution in [-0.4, -0.2) is 21.1 Å². The maximum absolute atomic E-state index is 12.5. The third-order valence-corrected chi connectivity index (χ3v) is 6.08. The van der Waals surface area contributed by atoms with Crippen molar-refractivity contribution in [1.82, 2.24) is 15.2 Å². The fourth-order valence-corrected chi connectivity index (χ4v) is 4.34. The second-order valence-electron chi connectivity index (χ2n) is 6.42. The van der Waals surface area contributed by atoms with Crippen LogP contribution in [0.25, 0.3) is 10.6 Å². The molecule has 0 unspecified atom stereocenters. The Labute approximate surface area is 161 Å². The van der Waals surface area contributed by atoms with Gasteiger partial charge in [0.15, 0.2) is 0 Å². The summed E-state index contributed by atoms with van der Waals surface area (Å²) in [5.41, 5.74) is 3.06. The van der Waals surface area contributed by atoms with Crippen LogP contribution < -0.4 is 5.32 Å². The largest absolute Gasteiger partial charge is 0.296 e. The lowest BCUT2D eigenvalue weighted by molar-refractivity contribution is 0.102. The van der Waals surface area contributed by atoms with Gasteiger partial charge in [-0.3, -0.25) is 10.1 Å². The van der Waals surface area contributed by atoms with Gasteiger partial charge < -0.3 is 0 Å². The number of benzene rings is 1. The lowest BCUT2D eigenvalue weighted by Gasteiger charge is -2.04. The first kappa shape index (κ1) is 18.7. The van der Waals surface area contributed by atoms with E-state index in [1.165, 1.54) is 28.2 Å². The Bertz CT molecular complexity index is 897. The molecular weight excluding hydrogens is 364 g/mol. The van der Waals surface area contributed by atoms with Crippen molar-refractivity contribution in [3.8, 4) is 10.6 Å². The highest BCUT2D eigenvalue weighted by Gasteiger charge is 2.17. The van der Waals surface area contributed by atoms with Crippen molar-refractivity contribution in [2.75, 3.05) is 5.32 Å². The van der Waals surface area contributed by atoms with Gasteiger partial charge in [0.2, 0.25) is 5.13 Å². The Balaban J connectivity index is 1.73. The van der Waals surface area contributed by atoms with Crippen molar-refractivity contribution in [3.63, 3.8) is 0 Å². The number of carbonyl (C=O) groups is 1. The number of amides is 1. The van der Waals surface area contributed by atoms with Crippen LogP contribution in [0.1, 0.15) is 59.0 Å². The first-order valence-corrected chi connectivity index (χ1v) is 10.3. The minimum Gasteiger partial charge on any atom is -0.296 e. The molecule has 2 aromatic heterocycles. The Morgan fingerprint density at radius 2 is 1.88 bits per heavy atom. The molecule has 136 valence electrons. The number of anilines is 1. The van der Waals surface area contributed by atoms with Gasteiger partial charge in [-0.1, -0.05) is 56.4 Å². The van der Waals surface area contributed by atoms with E-state index in [0.29, 0.717) is 15.9 Å². The van der Waals surface area contributed by atoms with Crippen LogP contribution in [0.2, 0.25) is 0 Å². The summed E-state index contributed by atoms with van der Waals surface area (Å²) in [7, 11) is 0. The van der Waals surface area contributed by atoms with E-state index >= 15 is 0 Å². The van der Waals surface area contributed by atoms with E-state index in [1.807, 2.05) is 19.1 Å². The van der Waals surface area contributed by atoms with Crippen LogP contribution in [0.4, 0.5) is 5.13 Å². The first-order chi connectivity index (χ1) is 12.5. The van der Waals surface area contributed by atoms with E-state index in [0.717, 1.165) is 34.1 Å². The van der Waals surface area contributed by atoms with E-state index < -0.39 is 0 Å². The van der Waals surface area contributed by atoms with Gasteiger partial charge in [-0.15, -0.1) is 21.5 Å². The second-order valence-corrected chi connectivity index (χ2v) is 8.48. The SMILES string of the molecule is CCCc1nc(C)c(C(=O)Nc2nnc(-c3ccc(C(C)C)cc3)s2)s1. The van der Waals surface area contributed by atoms with Crippen molar-refractivity contribution in [2.24, 2.45) is 0 Å². The van der Waals surface area contributed by atoms with E-state index in [4.69, 9.17) is 0 Å². The van der Waals surface area contributed by atoms with E-state index in [1.54, 1.807) is 0 Å². The van der Waals surface area contributed by atoms with Gasteiger partial charge in [0, 0.05) is 5.56 Å². The summed E-state index contributed by atoms with van der Waals surface area (Å²) in [5.74, 6) is 0.328. The Hall–Kier alpha value is -2.12. The number of rotatable bonds is 6. The molecule has 0 aliphatic heterocycles. The van der Waals surface area contributed by atoms with Crippen molar-refractivity contribution in [3.05, 3.63) is 45.4 Å². The molecule has 1 N–H and O–H groups in total. The van der Waals surface area contributed by atoms with E-state index in [-0.39, 0.29) is 5.91 Å². The average molecular weight is 387 g/mol. The van der Waals surface area contributed by atoms with Gasteiger partial charge in [0.25, 0.3) is 5.91 Å². The van der Waals surface area contributed by atoms with Crippen molar-refractivity contribution in [2.45, 2.75) is 46.5 Å². The maximum Gasteiger partial charge on any atom is 0.269 e. The molecule has 0 saturated heterocycles. The van der Waals surface area contributed by atoms with Gasteiger partial charge >= 0.3 is 0 Å². The molecule has 0 radical (unpaired) electrons. The summed E-state index contributed by atoms with van der Waals surface area (Å²) in [4.78, 5) is 17.6. The fourth-order valence-electron chi connectivity index (χ4n) is 2.54. The van der Waals surface area contributed by atoms with Crippen LogP contribution in [-0.2, 0) is 6.42 Å². The van der Waals surface area contributed by atoms with E-state index in [9.17, 15) is 4.79 Å². The molecule has 0 spiro atoms. The van der Waals surface area contributed by atoms with Crippen molar-refractivity contribution < 1.29 is 4.79 Å². The zero-order valence-corrected chi connectivity index (χ0v) is 17.0. The molecule has 0 aliphatic rings. The van der Waals surface area contributed by atoms with Crippen LogP contribution in [0.15, 0.2) is 24.3 Å². The third-order valence-electron chi connectivity index (χ3n) is 3.98. The fraction of sp³-hybridized carbons (Fsp3) is 0.368. The van der Waals surface area contributed by atoms with Crippen LogP contribution >= 0.6 is 22.7 Å². The van der Waals surface area contributed by atoms with E-state index in [2.05, 4.69) is 53.4 Å². The molecule has 5 nitrogen and oxygen atoms in total. The molecule has 3 rings (SSSR count). The van der Waals surface area contributed by atoms with Crippen molar-refractivity contribution in [1.29, 1.82) is 0 Å². The van der Waals surface area contributed by atoms with Crippen LogP contribution in [0, 0.1) is 6.92 Å². The molecule has 7 heteroatoms. The number of hydrogen-bond donors (Lipinski definition) is 1. The Morgan fingerprint density at radius 3 is 2.54 bits per heavy atom. The number of nitrogens with zero attached hydrogens (tertiary/aromatic N) is 3. The lowest BCUT2D eigenvalue weighted by atomic mass is 10.0. The maximum atomic E-state index is 12.5. The minimum atomic E-state index is -0.166. The molecule has 0 bridgehead atoms. The predicted octanol–water partition coefficient (Wildman–Crippen LogP) is 5.30. The molecule has 1 aromatic carbocycles. The highest BCUT2D eigenvalue weighted by molar-refractivity contribution is 7.18. The number of nitrogens with one attached hydrogen (secondary N) is 1. The van der Waals surface area contributed by atoms with Gasteiger partial charge in [-0.25, -0.2) is 4.98 Å². The first-order valence-electron chi connectivity index (χ1n) is 8.69. The number of aryl methyl sites for hydroxylation is 2. The zero-order chi connectivity index (χ0) is 18.7. The normalized spacial score (nSPS) is 11.1. The summed E-state index contributed by atoms with van der Waals surface area (Å²) >= 11 is 2.83. The molecule has 2 heterocycles. The monoisotopic (exact) mass is 386 g/mol. The quantitative estimate of drug-likeness (QED) is 0.624. The molecule has 0 aliphatic carbocycles. The van der Waals surface area contributed by atoms with Crippen LogP contribution in [0.5, 0.6) is 0 Å². The lowest BCUT2D eigenvalue weighted by Crippen LogP contribution is -2.11. The molecule has 0 atom stereocenters. The average Bonchev–Trinajstić information content (AvgIpc) is 3.22. The number of hydrogen-bond acceptors (Lipinski definition) is 6. The number of thiazole rings is 1. The molecule has 0 saturated carbocycles. The Morgan fingerprint density at radius 1 is 1.15 bits per heavy atom. The standard InChI is InChI=1S/C19H22N4OS2/c1-5-6-15-20-12(4)16(25-15)17(24)21-19-23-22-18(26-19)14-9-7-13(8-10-14)11(2)3/h7-11H,5-6H2,1-4H3,(H,21,23,24). The predicted molar refractivity (Wildman–Crippen MR) is 108 cm³/mol. The summed E-state index contributed by atoms with van der Waals surface area (Å²) in [6.45, 7) is 8.31. The molecule has 26 heavy (non-hydrogen) atoms. The topological polar surface area (TPSA) is 67.8 Å². The highest BCUT2D eigenvalue weighted by atomic mass is 32.1. The summed E-state index contributed by atoms with van der Waals surface area (Å²) in [6, 6.07) is 8.31. The smallest absolute Gasteiger partial charge is 0.269 e. The summed E-state index contributed by atoms with van der Waals surface area (Å²) in [5, 5.41) is 13.5. The number of aromatic nitrogens is 3. The van der Waals surface area contributed by atoms with Gasteiger partial charge in [0.1, 0.15) is 9.88 Å². The summed E-state index contributed by atoms with van der Waals surface area (Å²) in [6.07, 6.45) is 1.91. The molecule has 1 amide bonds. The molecular formula is C19H22N4OS2. The highest BCUT2D eigenvalue weighted by Crippen LogP contribution is 2.28. The zero-order valence-electron chi connectivity index (χ0n) is 15.4. The van der Waals surface area contributed by atoms with Gasteiger partial charge in [-0.05, 0) is 31.2 Å². The molecule has 0 fully saturated rings. The van der Waals surface area contributed by atoms with Gasteiger partial charge in [-0.2, -0.15) is 0 Å². The molecule has 3 aromatic rings. The van der Waals surface area contributed by atoms with Crippen molar-refractivity contribution >= 4 is 33.7 Å². The third kappa shape index (κ3) is 4.16. The van der Waals surface area contributed by atoms with Gasteiger partial charge in [0.05, 0.1) is 10.7 Å².